The van der Waals surface area contributed by atoms with Gasteiger partial charge in [-0.25, -0.2) is 9.48 Å². The summed E-state index contributed by atoms with van der Waals surface area (Å²) in [6, 6.07) is 2.55. The third-order valence-corrected chi connectivity index (χ3v) is 4.26. The number of carbonyl (C=O) groups is 1. The van der Waals surface area contributed by atoms with Crippen LogP contribution in [0.4, 0.5) is 0 Å². The zero-order chi connectivity index (χ0) is 14.5. The highest BCUT2D eigenvalue weighted by Gasteiger charge is 2.15. The molecule has 1 N–H and O–H groups in total. The lowest BCUT2D eigenvalue weighted by Gasteiger charge is -2.15. The van der Waals surface area contributed by atoms with Crippen molar-refractivity contribution in [3.05, 3.63) is 17.5 Å². The van der Waals surface area contributed by atoms with Crippen molar-refractivity contribution in [3.8, 4) is 0 Å². The van der Waals surface area contributed by atoms with E-state index in [1.54, 1.807) is 7.11 Å². The van der Waals surface area contributed by atoms with E-state index in [-0.39, 0.29) is 12.4 Å². The molecule has 0 unspecified atom stereocenters. The van der Waals surface area contributed by atoms with Crippen LogP contribution < -0.4 is 0 Å². The fourth-order valence-corrected chi connectivity index (χ4v) is 2.25. The number of carboxylic acid groups (broad SMARTS) is 1. The van der Waals surface area contributed by atoms with Crippen LogP contribution in [0.15, 0.2) is 6.07 Å². The minimum atomic E-state index is -1.13. The van der Waals surface area contributed by atoms with Gasteiger partial charge in [-0.1, -0.05) is 19.6 Å². The second kappa shape index (κ2) is 6.83. The number of aromatic nitrogens is 2. The van der Waals surface area contributed by atoms with E-state index in [0.29, 0.717) is 18.9 Å². The van der Waals surface area contributed by atoms with Crippen molar-refractivity contribution in [2.45, 2.75) is 39.0 Å². The van der Waals surface area contributed by atoms with Gasteiger partial charge in [-0.15, -0.1) is 0 Å². The molecule has 0 saturated carbocycles. The predicted octanol–water partition coefficient (Wildman–Crippen LogP) is 2.04. The summed E-state index contributed by atoms with van der Waals surface area (Å²) in [5.74, 6) is -1.01. The summed E-state index contributed by atoms with van der Waals surface area (Å²) in [5.41, 5.74) is 0.716. The Labute approximate surface area is 114 Å². The highest BCUT2D eigenvalue weighted by molar-refractivity contribution is 6.76. The van der Waals surface area contributed by atoms with Crippen molar-refractivity contribution in [1.82, 2.24) is 9.78 Å². The third-order valence-electron chi connectivity index (χ3n) is 2.55. The van der Waals surface area contributed by atoms with Crippen LogP contribution in [0.25, 0.3) is 0 Å². The van der Waals surface area contributed by atoms with Crippen molar-refractivity contribution in [3.63, 3.8) is 0 Å². The Hall–Kier alpha value is -1.18. The Morgan fingerprint density at radius 1 is 1.47 bits per heavy atom. The monoisotopic (exact) mass is 286 g/mol. The highest BCUT2D eigenvalue weighted by Crippen LogP contribution is 2.09. The number of nitrogens with zero attached hydrogens (tertiary/aromatic N) is 2. The first kappa shape index (κ1) is 15.9. The van der Waals surface area contributed by atoms with E-state index < -0.39 is 14.0 Å². The third kappa shape index (κ3) is 5.54. The van der Waals surface area contributed by atoms with Crippen molar-refractivity contribution >= 4 is 14.0 Å². The topological polar surface area (TPSA) is 73.6 Å². The number of methoxy groups -OCH3 is 1. The summed E-state index contributed by atoms with van der Waals surface area (Å²) < 4.78 is 11.8. The Kier molecular flexibility index (Phi) is 5.71. The second-order valence-electron chi connectivity index (χ2n) is 5.61. The van der Waals surface area contributed by atoms with Crippen LogP contribution in [0.5, 0.6) is 0 Å². The van der Waals surface area contributed by atoms with Gasteiger partial charge in [-0.05, 0) is 12.1 Å². The van der Waals surface area contributed by atoms with Crippen LogP contribution in [-0.4, -0.2) is 42.6 Å². The molecule has 6 nitrogen and oxygen atoms in total. The van der Waals surface area contributed by atoms with E-state index in [0.717, 1.165) is 6.04 Å². The van der Waals surface area contributed by atoms with Gasteiger partial charge < -0.3 is 14.6 Å². The van der Waals surface area contributed by atoms with Crippen molar-refractivity contribution in [2.75, 3.05) is 13.7 Å². The molecule has 1 aromatic rings. The Morgan fingerprint density at radius 2 is 2.16 bits per heavy atom. The number of carboxylic acids is 1. The normalized spacial score (nSPS) is 11.8. The SMILES string of the molecule is COCc1cc(C(=O)O)n(COCC[Si](C)(C)C)n1. The van der Waals surface area contributed by atoms with E-state index in [2.05, 4.69) is 24.7 Å². The summed E-state index contributed by atoms with van der Waals surface area (Å²) in [6.07, 6.45) is 0. The van der Waals surface area contributed by atoms with Gasteiger partial charge in [0.1, 0.15) is 12.4 Å². The molecule has 0 fully saturated rings. The Bertz CT molecular complexity index is 426. The zero-order valence-electron chi connectivity index (χ0n) is 12.0. The molecule has 0 spiro atoms. The zero-order valence-corrected chi connectivity index (χ0v) is 13.0. The van der Waals surface area contributed by atoms with Crippen LogP contribution in [0, 0.1) is 0 Å². The average molecular weight is 286 g/mol. The first-order valence-electron chi connectivity index (χ1n) is 6.20. The van der Waals surface area contributed by atoms with Gasteiger partial charge in [0.15, 0.2) is 0 Å². The summed E-state index contributed by atoms with van der Waals surface area (Å²) in [7, 11) is 0.416. The van der Waals surface area contributed by atoms with Crippen molar-refractivity contribution in [2.24, 2.45) is 0 Å². The number of aromatic carboxylic acids is 1. The van der Waals surface area contributed by atoms with Gasteiger partial charge in [0.25, 0.3) is 0 Å². The standard InChI is InChI=1S/C12H22N2O4Si/c1-17-8-10-7-11(12(15)16)14(13-10)9-18-5-6-19(2,3)4/h7H,5-6,8-9H2,1-4H3,(H,15,16). The fourth-order valence-electron chi connectivity index (χ4n) is 1.49. The predicted molar refractivity (Wildman–Crippen MR) is 74.0 cm³/mol. The maximum Gasteiger partial charge on any atom is 0.354 e. The number of hydrogen-bond acceptors (Lipinski definition) is 4. The van der Waals surface area contributed by atoms with Gasteiger partial charge in [-0.2, -0.15) is 5.10 Å². The van der Waals surface area contributed by atoms with Crippen molar-refractivity contribution in [1.29, 1.82) is 0 Å². The first-order chi connectivity index (χ1) is 8.83. The Morgan fingerprint density at radius 3 is 2.68 bits per heavy atom. The molecule has 1 rings (SSSR count). The summed E-state index contributed by atoms with van der Waals surface area (Å²) in [5, 5.41) is 13.2. The van der Waals surface area contributed by atoms with Crippen LogP contribution in [0.3, 0.4) is 0 Å². The molecule has 19 heavy (non-hydrogen) atoms. The Balaban J connectivity index is 2.58. The van der Waals surface area contributed by atoms with Gasteiger partial charge >= 0.3 is 5.97 Å². The molecule has 1 heterocycles. The van der Waals surface area contributed by atoms with E-state index in [1.165, 1.54) is 10.7 Å². The molecule has 0 bridgehead atoms. The van der Waals surface area contributed by atoms with Crippen LogP contribution in [-0.2, 0) is 22.8 Å². The van der Waals surface area contributed by atoms with Gasteiger partial charge in [0.05, 0.1) is 12.3 Å². The van der Waals surface area contributed by atoms with E-state index in [1.807, 2.05) is 0 Å². The summed E-state index contributed by atoms with van der Waals surface area (Å²) in [4.78, 5) is 11.1. The van der Waals surface area contributed by atoms with Crippen molar-refractivity contribution < 1.29 is 19.4 Å². The van der Waals surface area contributed by atoms with Crippen LogP contribution in [0.1, 0.15) is 16.2 Å². The van der Waals surface area contributed by atoms with Gasteiger partial charge in [-0.3, -0.25) is 0 Å². The molecule has 0 aliphatic rings. The maximum absolute atomic E-state index is 11.1. The average Bonchev–Trinajstić information content (AvgIpc) is 2.67. The van der Waals surface area contributed by atoms with Gasteiger partial charge in [0, 0.05) is 21.8 Å². The van der Waals surface area contributed by atoms with Crippen LogP contribution >= 0.6 is 0 Å². The van der Waals surface area contributed by atoms with Gasteiger partial charge in [0.2, 0.25) is 0 Å². The lowest BCUT2D eigenvalue weighted by Crippen LogP contribution is -2.22. The largest absolute Gasteiger partial charge is 0.477 e. The number of ether oxygens (including phenoxy) is 2. The van der Waals surface area contributed by atoms with E-state index >= 15 is 0 Å². The lowest BCUT2D eigenvalue weighted by molar-refractivity contribution is 0.0588. The van der Waals surface area contributed by atoms with Crippen LogP contribution in [0.2, 0.25) is 25.7 Å². The minimum Gasteiger partial charge on any atom is -0.477 e. The smallest absolute Gasteiger partial charge is 0.354 e. The molecule has 7 heteroatoms. The fraction of sp³-hybridized carbons (Fsp3) is 0.667. The molecule has 0 saturated heterocycles. The number of hydrogen-bond donors (Lipinski definition) is 1. The molecular formula is C12H22N2O4Si. The minimum absolute atomic E-state index is 0.125. The summed E-state index contributed by atoms with van der Waals surface area (Å²) >= 11 is 0. The molecule has 0 aliphatic heterocycles. The molecule has 1 aromatic heterocycles. The molecule has 0 radical (unpaired) electrons. The quantitative estimate of drug-likeness (QED) is 0.585. The molecule has 108 valence electrons. The van der Waals surface area contributed by atoms with E-state index in [9.17, 15) is 4.79 Å². The second-order valence-corrected chi connectivity index (χ2v) is 11.2. The molecule has 0 atom stereocenters. The molecule has 0 aromatic carbocycles. The first-order valence-corrected chi connectivity index (χ1v) is 9.91. The molecule has 0 aliphatic carbocycles. The number of rotatable bonds is 8. The lowest BCUT2D eigenvalue weighted by atomic mass is 10.3. The molecule has 0 amide bonds. The highest BCUT2D eigenvalue weighted by atomic mass is 28.3. The van der Waals surface area contributed by atoms with E-state index in [4.69, 9.17) is 14.6 Å². The summed E-state index contributed by atoms with van der Waals surface area (Å²) in [6.45, 7) is 7.89. The maximum atomic E-state index is 11.1. The molecular weight excluding hydrogens is 264 g/mol.